The molecule has 0 bridgehead atoms. The molecule has 0 spiro atoms. The van der Waals surface area contributed by atoms with Gasteiger partial charge in [0.15, 0.2) is 5.71 Å². The maximum absolute atomic E-state index is 6.85. The Morgan fingerprint density at radius 3 is 2.48 bits per heavy atom. The first kappa shape index (κ1) is 32.1. The third kappa shape index (κ3) is 5.90. The number of allylic oxidation sites excluding steroid dienone is 10. The standard InChI is InChI=1S/C43H53N2O/c1-8-28-44-37-21-14-13-20-35(37)42(4,5)39(44)26-23-32-16-15-17-33(41(32)46-34-18-11-10-12-19-34)24-27-40-43(6,7)36-30-31(3)22-25-38(36)45(40)29-9-2/h11,13-14,18-27,30H,8-10,12,15-17,28-29H2,1-7H3/q+1. The van der Waals surface area contributed by atoms with E-state index in [1.807, 2.05) is 0 Å². The molecule has 0 amide bonds. The molecule has 2 aromatic rings. The summed E-state index contributed by atoms with van der Waals surface area (Å²) in [5, 5.41) is 0. The van der Waals surface area contributed by atoms with E-state index in [0.717, 1.165) is 69.6 Å². The number of para-hydroxylation sites is 1. The summed E-state index contributed by atoms with van der Waals surface area (Å²) in [6.07, 6.45) is 23.6. The third-order valence-electron chi connectivity index (χ3n) is 10.3. The summed E-state index contributed by atoms with van der Waals surface area (Å²) in [5.41, 5.74) is 12.1. The van der Waals surface area contributed by atoms with Crippen LogP contribution in [-0.4, -0.2) is 23.4 Å². The van der Waals surface area contributed by atoms with Crippen molar-refractivity contribution in [2.75, 3.05) is 18.0 Å². The highest BCUT2D eigenvalue weighted by Crippen LogP contribution is 2.48. The zero-order chi connectivity index (χ0) is 32.5. The van der Waals surface area contributed by atoms with Gasteiger partial charge in [0.1, 0.15) is 18.1 Å². The fraction of sp³-hybridized carbons (Fsp3) is 0.419. The minimum Gasteiger partial charge on any atom is -0.457 e. The zero-order valence-corrected chi connectivity index (χ0v) is 29.2. The van der Waals surface area contributed by atoms with Crippen LogP contribution < -0.4 is 4.90 Å². The van der Waals surface area contributed by atoms with Crippen LogP contribution in [0.1, 0.15) is 103 Å². The number of hydrogen-bond acceptors (Lipinski definition) is 2. The maximum Gasteiger partial charge on any atom is 0.209 e. The predicted octanol–water partition coefficient (Wildman–Crippen LogP) is 11.0. The average molecular weight is 614 g/mol. The molecule has 3 heteroatoms. The van der Waals surface area contributed by atoms with Gasteiger partial charge in [0.05, 0.1) is 5.41 Å². The number of ether oxygens (including phenoxy) is 1. The number of nitrogens with zero attached hydrogens (tertiary/aromatic N) is 2. The molecular formula is C43H53N2O+. The number of anilines is 1. The van der Waals surface area contributed by atoms with E-state index < -0.39 is 0 Å². The topological polar surface area (TPSA) is 15.5 Å². The highest BCUT2D eigenvalue weighted by atomic mass is 16.5. The van der Waals surface area contributed by atoms with E-state index in [4.69, 9.17) is 4.74 Å². The lowest BCUT2D eigenvalue weighted by Crippen LogP contribution is -2.28. The molecule has 0 aromatic heterocycles. The van der Waals surface area contributed by atoms with E-state index in [1.54, 1.807) is 0 Å². The minimum atomic E-state index is -0.0627. The SMILES string of the molecule is CCCN1C(=CC=C2CCCC(C=CC3=[N+](CCC)c4ccccc4C3(C)C)=C2OC2=CCCC=C2)C(C)(C)c2cc(C)ccc21. The van der Waals surface area contributed by atoms with Crippen molar-refractivity contribution in [3.05, 3.63) is 130 Å². The molecule has 2 aliphatic carbocycles. The smallest absolute Gasteiger partial charge is 0.209 e. The lowest BCUT2D eigenvalue weighted by molar-refractivity contribution is -0.437. The van der Waals surface area contributed by atoms with E-state index in [-0.39, 0.29) is 10.8 Å². The van der Waals surface area contributed by atoms with Gasteiger partial charge in [-0.3, -0.25) is 0 Å². The fourth-order valence-electron chi connectivity index (χ4n) is 7.85. The normalized spacial score (nSPS) is 21.9. The molecule has 0 fully saturated rings. The Kier molecular flexibility index (Phi) is 9.15. The van der Waals surface area contributed by atoms with Crippen molar-refractivity contribution in [2.24, 2.45) is 0 Å². The lowest BCUT2D eigenvalue weighted by Gasteiger charge is -2.27. The summed E-state index contributed by atoms with van der Waals surface area (Å²) in [4.78, 5) is 2.55. The number of hydrogen-bond donors (Lipinski definition) is 0. The first-order valence-electron chi connectivity index (χ1n) is 17.7. The molecule has 0 radical (unpaired) electrons. The van der Waals surface area contributed by atoms with Crippen LogP contribution in [0.25, 0.3) is 0 Å². The van der Waals surface area contributed by atoms with Crippen molar-refractivity contribution in [3.8, 4) is 0 Å². The molecule has 2 aliphatic heterocycles. The van der Waals surface area contributed by atoms with Crippen LogP contribution in [0.5, 0.6) is 0 Å². The summed E-state index contributed by atoms with van der Waals surface area (Å²) in [6, 6.07) is 15.9. The first-order valence-corrected chi connectivity index (χ1v) is 17.7. The molecule has 6 rings (SSSR count). The summed E-state index contributed by atoms with van der Waals surface area (Å²) in [5.74, 6) is 2.01. The minimum absolute atomic E-state index is 0.0552. The second kappa shape index (κ2) is 13.1. The molecule has 46 heavy (non-hydrogen) atoms. The highest BCUT2D eigenvalue weighted by molar-refractivity contribution is 6.03. The third-order valence-corrected chi connectivity index (χ3v) is 10.3. The van der Waals surface area contributed by atoms with Gasteiger partial charge in [-0.15, -0.1) is 0 Å². The van der Waals surface area contributed by atoms with E-state index >= 15 is 0 Å². The molecule has 4 aliphatic rings. The number of aryl methyl sites for hydroxylation is 1. The van der Waals surface area contributed by atoms with Crippen molar-refractivity contribution in [1.29, 1.82) is 0 Å². The van der Waals surface area contributed by atoms with Gasteiger partial charge in [0, 0.05) is 47.5 Å². The quantitative estimate of drug-likeness (QED) is 0.261. The summed E-state index contributed by atoms with van der Waals surface area (Å²) in [7, 11) is 0. The Labute approximate surface area is 278 Å². The van der Waals surface area contributed by atoms with E-state index in [9.17, 15) is 0 Å². The Morgan fingerprint density at radius 1 is 0.891 bits per heavy atom. The maximum atomic E-state index is 6.85. The van der Waals surface area contributed by atoms with Crippen LogP contribution in [0.2, 0.25) is 0 Å². The second-order valence-corrected chi connectivity index (χ2v) is 14.4. The zero-order valence-electron chi connectivity index (χ0n) is 29.2. The van der Waals surface area contributed by atoms with Gasteiger partial charge in [0.2, 0.25) is 5.69 Å². The molecule has 2 heterocycles. The molecule has 0 unspecified atom stereocenters. The summed E-state index contributed by atoms with van der Waals surface area (Å²) in [6.45, 7) is 18.3. The van der Waals surface area contributed by atoms with Gasteiger partial charge >= 0.3 is 0 Å². The Bertz CT molecular complexity index is 1720. The van der Waals surface area contributed by atoms with Gasteiger partial charge in [-0.2, -0.15) is 4.58 Å². The van der Waals surface area contributed by atoms with Crippen LogP contribution in [0, 0.1) is 6.92 Å². The van der Waals surface area contributed by atoms with Crippen LogP contribution in [0.4, 0.5) is 11.4 Å². The van der Waals surface area contributed by atoms with Crippen LogP contribution in [0.15, 0.2) is 113 Å². The molecule has 240 valence electrons. The number of benzene rings is 2. The molecule has 0 saturated carbocycles. The second-order valence-electron chi connectivity index (χ2n) is 14.4. The van der Waals surface area contributed by atoms with E-state index in [1.165, 1.54) is 50.6 Å². The first-order chi connectivity index (χ1) is 22.2. The molecule has 2 aromatic carbocycles. The Balaban J connectivity index is 1.43. The largest absolute Gasteiger partial charge is 0.457 e. The van der Waals surface area contributed by atoms with Crippen LogP contribution in [-0.2, 0) is 15.6 Å². The predicted molar refractivity (Wildman–Crippen MR) is 195 cm³/mol. The van der Waals surface area contributed by atoms with Gasteiger partial charge in [-0.05, 0) is 106 Å². The average Bonchev–Trinajstić information content (AvgIpc) is 3.38. The molecule has 3 nitrogen and oxygen atoms in total. The molecule has 0 saturated heterocycles. The highest BCUT2D eigenvalue weighted by Gasteiger charge is 2.44. The van der Waals surface area contributed by atoms with Crippen molar-refractivity contribution in [1.82, 2.24) is 0 Å². The van der Waals surface area contributed by atoms with Gasteiger partial charge < -0.3 is 9.64 Å². The van der Waals surface area contributed by atoms with Crippen LogP contribution >= 0.6 is 0 Å². The number of rotatable bonds is 9. The van der Waals surface area contributed by atoms with Gasteiger partial charge in [-0.1, -0.05) is 75.7 Å². The van der Waals surface area contributed by atoms with Crippen molar-refractivity contribution < 1.29 is 9.31 Å². The monoisotopic (exact) mass is 613 g/mol. The van der Waals surface area contributed by atoms with Crippen molar-refractivity contribution in [2.45, 2.75) is 104 Å². The van der Waals surface area contributed by atoms with E-state index in [2.05, 4.69) is 143 Å². The molecule has 0 N–H and O–H groups in total. The molecule has 0 atom stereocenters. The summed E-state index contributed by atoms with van der Waals surface area (Å²) < 4.78 is 9.38. The Morgan fingerprint density at radius 2 is 1.72 bits per heavy atom. The van der Waals surface area contributed by atoms with E-state index in [0.29, 0.717) is 0 Å². The lowest BCUT2D eigenvalue weighted by atomic mass is 9.81. The fourth-order valence-corrected chi connectivity index (χ4v) is 7.85. The molecular weight excluding hydrogens is 560 g/mol. The number of fused-ring (bicyclic) bond motifs is 2. The van der Waals surface area contributed by atoms with Crippen molar-refractivity contribution >= 4 is 17.1 Å². The van der Waals surface area contributed by atoms with Gasteiger partial charge in [-0.25, -0.2) is 0 Å². The Hall–Kier alpha value is -3.85. The van der Waals surface area contributed by atoms with Crippen molar-refractivity contribution in [3.63, 3.8) is 0 Å². The van der Waals surface area contributed by atoms with Gasteiger partial charge in [0.25, 0.3) is 0 Å². The summed E-state index contributed by atoms with van der Waals surface area (Å²) >= 11 is 0. The van der Waals surface area contributed by atoms with Crippen LogP contribution in [0.3, 0.4) is 0 Å².